The van der Waals surface area contributed by atoms with Gasteiger partial charge >= 0.3 is 0 Å². The Bertz CT molecular complexity index is 438. The first kappa shape index (κ1) is 12.0. The summed E-state index contributed by atoms with van der Waals surface area (Å²) in [7, 11) is 0. The molecule has 0 aromatic heterocycles. The van der Waals surface area contributed by atoms with E-state index in [9.17, 15) is 0 Å². The highest BCUT2D eigenvalue weighted by molar-refractivity contribution is 5.40. The van der Waals surface area contributed by atoms with E-state index in [0.717, 1.165) is 38.0 Å². The first-order valence-electron chi connectivity index (χ1n) is 6.77. The number of benzene rings is 1. The van der Waals surface area contributed by atoms with E-state index in [4.69, 9.17) is 15.2 Å². The van der Waals surface area contributed by atoms with Crippen LogP contribution in [0.3, 0.4) is 0 Å². The van der Waals surface area contributed by atoms with Gasteiger partial charge < -0.3 is 15.2 Å². The van der Waals surface area contributed by atoms with Gasteiger partial charge in [-0.05, 0) is 31.4 Å². The summed E-state index contributed by atoms with van der Waals surface area (Å²) in [6.07, 6.45) is 4.20. The van der Waals surface area contributed by atoms with Gasteiger partial charge in [0.1, 0.15) is 11.9 Å². The Morgan fingerprint density at radius 2 is 2.33 bits per heavy atom. The largest absolute Gasteiger partial charge is 0.490 e. The van der Waals surface area contributed by atoms with Gasteiger partial charge in [0.2, 0.25) is 0 Å². The molecule has 0 radical (unpaired) electrons. The molecule has 0 saturated carbocycles. The van der Waals surface area contributed by atoms with Gasteiger partial charge in [-0.25, -0.2) is 0 Å². The summed E-state index contributed by atoms with van der Waals surface area (Å²) in [6, 6.07) is 6.39. The molecular weight excluding hydrogens is 226 g/mol. The van der Waals surface area contributed by atoms with Crippen LogP contribution in [0.1, 0.15) is 30.4 Å². The molecule has 2 N–H and O–H groups in total. The maximum Gasteiger partial charge on any atom is 0.123 e. The van der Waals surface area contributed by atoms with Gasteiger partial charge in [0.25, 0.3) is 0 Å². The van der Waals surface area contributed by atoms with Crippen molar-refractivity contribution >= 4 is 0 Å². The lowest BCUT2D eigenvalue weighted by atomic mass is 9.86. The smallest absolute Gasteiger partial charge is 0.123 e. The van der Waals surface area contributed by atoms with Gasteiger partial charge in [-0.1, -0.05) is 17.7 Å². The lowest BCUT2D eigenvalue weighted by Crippen LogP contribution is -2.50. The molecule has 0 amide bonds. The summed E-state index contributed by atoms with van der Waals surface area (Å²) in [4.78, 5) is 0. The van der Waals surface area contributed by atoms with Gasteiger partial charge in [0.05, 0.1) is 6.61 Å². The van der Waals surface area contributed by atoms with Crippen molar-refractivity contribution in [1.82, 2.24) is 0 Å². The van der Waals surface area contributed by atoms with Crippen LogP contribution in [0.2, 0.25) is 0 Å². The van der Waals surface area contributed by atoms with Gasteiger partial charge in [-0.15, -0.1) is 0 Å². The van der Waals surface area contributed by atoms with E-state index < -0.39 is 0 Å². The monoisotopic (exact) mass is 247 g/mol. The number of fused-ring (bicyclic) bond motifs is 1. The van der Waals surface area contributed by atoms with Crippen molar-refractivity contribution in [3.8, 4) is 5.75 Å². The Balaban J connectivity index is 1.67. The van der Waals surface area contributed by atoms with Crippen molar-refractivity contribution in [2.75, 3.05) is 13.2 Å². The highest BCUT2D eigenvalue weighted by Gasteiger charge is 2.34. The van der Waals surface area contributed by atoms with Crippen LogP contribution < -0.4 is 10.5 Å². The number of ether oxygens (including phenoxy) is 2. The molecule has 2 unspecified atom stereocenters. The van der Waals surface area contributed by atoms with E-state index in [1.54, 1.807) is 0 Å². The van der Waals surface area contributed by atoms with Crippen molar-refractivity contribution in [2.45, 2.75) is 44.2 Å². The number of hydrogen-bond acceptors (Lipinski definition) is 3. The first-order valence-corrected chi connectivity index (χ1v) is 6.77. The van der Waals surface area contributed by atoms with E-state index in [-0.39, 0.29) is 11.6 Å². The predicted molar refractivity (Wildman–Crippen MR) is 70.9 cm³/mol. The Hall–Kier alpha value is -1.06. The lowest BCUT2D eigenvalue weighted by Gasteiger charge is -2.34. The maximum atomic E-state index is 6.40. The van der Waals surface area contributed by atoms with Gasteiger partial charge in [0.15, 0.2) is 0 Å². The molecule has 3 rings (SSSR count). The summed E-state index contributed by atoms with van der Waals surface area (Å²) < 4.78 is 11.5. The highest BCUT2D eigenvalue weighted by Crippen LogP contribution is 2.33. The third kappa shape index (κ3) is 2.38. The van der Waals surface area contributed by atoms with Crippen LogP contribution in [0, 0.1) is 6.92 Å². The molecule has 98 valence electrons. The van der Waals surface area contributed by atoms with E-state index in [1.165, 1.54) is 11.1 Å². The molecule has 2 aliphatic rings. The average Bonchev–Trinajstić information content (AvgIpc) is 2.70. The topological polar surface area (TPSA) is 44.5 Å². The third-order valence-electron chi connectivity index (χ3n) is 3.94. The minimum absolute atomic E-state index is 0.194. The maximum absolute atomic E-state index is 6.40. The standard InChI is InChI=1S/C15H21NO2/c1-11-3-4-14-12(7-11)8-13(18-14)9-15(16)5-2-6-17-10-15/h3-4,7,13H,2,5-6,8-10,16H2,1H3. The molecule has 0 bridgehead atoms. The van der Waals surface area contributed by atoms with Crippen LogP contribution >= 0.6 is 0 Å². The van der Waals surface area contributed by atoms with Crippen LogP contribution in [0.25, 0.3) is 0 Å². The minimum atomic E-state index is -0.194. The number of aryl methyl sites for hydroxylation is 1. The Morgan fingerprint density at radius 3 is 3.11 bits per heavy atom. The molecule has 0 aliphatic carbocycles. The van der Waals surface area contributed by atoms with E-state index in [0.29, 0.717) is 6.61 Å². The van der Waals surface area contributed by atoms with Gasteiger partial charge in [-0.3, -0.25) is 0 Å². The van der Waals surface area contributed by atoms with Crippen LogP contribution in [-0.4, -0.2) is 24.9 Å². The average molecular weight is 247 g/mol. The van der Waals surface area contributed by atoms with E-state index in [1.807, 2.05) is 0 Å². The van der Waals surface area contributed by atoms with Gasteiger partial charge in [0, 0.05) is 25.0 Å². The second-order valence-corrected chi connectivity index (χ2v) is 5.78. The Labute approximate surface area is 108 Å². The molecule has 2 aliphatic heterocycles. The number of rotatable bonds is 2. The molecule has 1 aromatic rings. The quantitative estimate of drug-likeness (QED) is 0.871. The number of hydrogen-bond donors (Lipinski definition) is 1. The van der Waals surface area contributed by atoms with Crippen LogP contribution in [0.5, 0.6) is 5.75 Å². The second-order valence-electron chi connectivity index (χ2n) is 5.78. The summed E-state index contributed by atoms with van der Waals surface area (Å²) in [5.74, 6) is 1.03. The SMILES string of the molecule is Cc1ccc2c(c1)CC(CC1(N)CCCOC1)O2. The molecule has 1 fully saturated rings. The molecule has 1 aromatic carbocycles. The molecule has 18 heavy (non-hydrogen) atoms. The predicted octanol–water partition coefficient (Wildman–Crippen LogP) is 2.20. The Kier molecular flexibility index (Phi) is 3.04. The molecular formula is C15H21NO2. The second kappa shape index (κ2) is 4.56. The molecule has 3 heteroatoms. The zero-order valence-corrected chi connectivity index (χ0v) is 10.9. The molecule has 2 heterocycles. The van der Waals surface area contributed by atoms with Crippen molar-refractivity contribution in [1.29, 1.82) is 0 Å². The van der Waals surface area contributed by atoms with E-state index in [2.05, 4.69) is 25.1 Å². The van der Waals surface area contributed by atoms with Gasteiger partial charge in [-0.2, -0.15) is 0 Å². The van der Waals surface area contributed by atoms with Crippen LogP contribution in [0.4, 0.5) is 0 Å². The lowest BCUT2D eigenvalue weighted by molar-refractivity contribution is 0.0193. The van der Waals surface area contributed by atoms with Crippen LogP contribution in [-0.2, 0) is 11.2 Å². The minimum Gasteiger partial charge on any atom is -0.490 e. The number of nitrogens with two attached hydrogens (primary N) is 1. The zero-order valence-electron chi connectivity index (χ0n) is 10.9. The van der Waals surface area contributed by atoms with Crippen molar-refractivity contribution in [3.63, 3.8) is 0 Å². The normalized spacial score (nSPS) is 30.9. The zero-order chi connectivity index (χ0) is 12.6. The third-order valence-corrected chi connectivity index (χ3v) is 3.94. The fourth-order valence-electron chi connectivity index (χ4n) is 3.05. The summed E-state index contributed by atoms with van der Waals surface area (Å²) in [5.41, 5.74) is 8.82. The fraction of sp³-hybridized carbons (Fsp3) is 0.600. The summed E-state index contributed by atoms with van der Waals surface area (Å²) in [6.45, 7) is 3.64. The van der Waals surface area contributed by atoms with Crippen molar-refractivity contribution in [2.24, 2.45) is 5.73 Å². The molecule has 0 spiro atoms. The Morgan fingerprint density at radius 1 is 1.44 bits per heavy atom. The highest BCUT2D eigenvalue weighted by atomic mass is 16.5. The summed E-state index contributed by atoms with van der Waals surface area (Å²) >= 11 is 0. The van der Waals surface area contributed by atoms with Crippen molar-refractivity contribution in [3.05, 3.63) is 29.3 Å². The van der Waals surface area contributed by atoms with Crippen molar-refractivity contribution < 1.29 is 9.47 Å². The first-order chi connectivity index (χ1) is 8.65. The molecule has 1 saturated heterocycles. The van der Waals surface area contributed by atoms with E-state index >= 15 is 0 Å². The molecule has 2 atom stereocenters. The fourth-order valence-corrected chi connectivity index (χ4v) is 3.05. The summed E-state index contributed by atoms with van der Waals surface area (Å²) in [5, 5.41) is 0. The van der Waals surface area contributed by atoms with Crippen LogP contribution in [0.15, 0.2) is 18.2 Å². The molecule has 3 nitrogen and oxygen atoms in total.